The highest BCUT2D eigenvalue weighted by atomic mass is 16.5. The minimum atomic E-state index is 0.283. The Balaban J connectivity index is 1.56. The molecule has 1 aliphatic carbocycles. The van der Waals surface area contributed by atoms with Gasteiger partial charge in [-0.15, -0.1) is 0 Å². The largest absolute Gasteiger partial charge is 0.427 e. The molecule has 25 heavy (non-hydrogen) atoms. The van der Waals surface area contributed by atoms with Gasteiger partial charge >= 0.3 is 0 Å². The van der Waals surface area contributed by atoms with Crippen molar-refractivity contribution in [2.75, 3.05) is 19.0 Å². The van der Waals surface area contributed by atoms with Gasteiger partial charge in [-0.3, -0.25) is 4.99 Å². The van der Waals surface area contributed by atoms with E-state index in [2.05, 4.69) is 35.6 Å². The molecular formula is C20H28N4O. The van der Waals surface area contributed by atoms with Gasteiger partial charge in [-0.05, 0) is 37.3 Å². The van der Waals surface area contributed by atoms with E-state index in [-0.39, 0.29) is 6.04 Å². The minimum Gasteiger partial charge on any atom is -0.427 e. The maximum atomic E-state index is 10.0. The van der Waals surface area contributed by atoms with Gasteiger partial charge < -0.3 is 15.4 Å². The van der Waals surface area contributed by atoms with Gasteiger partial charge in [0.1, 0.15) is 0 Å². The van der Waals surface area contributed by atoms with Crippen LogP contribution >= 0.6 is 0 Å². The highest BCUT2D eigenvalue weighted by Gasteiger charge is 2.20. The zero-order valence-corrected chi connectivity index (χ0v) is 15.1. The summed E-state index contributed by atoms with van der Waals surface area (Å²) in [7, 11) is 3.98. The highest BCUT2D eigenvalue weighted by Crippen LogP contribution is 2.21. The lowest BCUT2D eigenvalue weighted by Crippen LogP contribution is -2.34. The summed E-state index contributed by atoms with van der Waals surface area (Å²) >= 11 is 0. The molecule has 0 unspecified atom stereocenters. The molecule has 1 saturated carbocycles. The van der Waals surface area contributed by atoms with Crippen LogP contribution in [0.2, 0.25) is 0 Å². The molecule has 0 amide bonds. The molecule has 3 rings (SSSR count). The number of nitrogens with one attached hydrogen (secondary N) is 1. The summed E-state index contributed by atoms with van der Waals surface area (Å²) in [5.41, 5.74) is 3.00. The molecular weight excluding hydrogens is 312 g/mol. The van der Waals surface area contributed by atoms with Crippen LogP contribution in [0.25, 0.3) is 0 Å². The van der Waals surface area contributed by atoms with Crippen molar-refractivity contribution in [3.8, 4) is 0 Å². The molecule has 134 valence electrons. The van der Waals surface area contributed by atoms with Gasteiger partial charge in [0, 0.05) is 44.6 Å². The monoisotopic (exact) mass is 340 g/mol. The van der Waals surface area contributed by atoms with Gasteiger partial charge in [-0.1, -0.05) is 30.3 Å². The van der Waals surface area contributed by atoms with Crippen molar-refractivity contribution in [3.05, 3.63) is 59.7 Å². The molecule has 1 aromatic carbocycles. The van der Waals surface area contributed by atoms with E-state index in [1.165, 1.54) is 5.56 Å². The summed E-state index contributed by atoms with van der Waals surface area (Å²) in [5.74, 6) is 0. The Morgan fingerprint density at radius 1 is 1.12 bits per heavy atom. The van der Waals surface area contributed by atoms with Gasteiger partial charge in [0.15, 0.2) is 5.49 Å². The topological polar surface area (TPSA) is 52.8 Å². The Labute approximate surface area is 149 Å². The molecule has 1 heterocycles. The molecule has 0 spiro atoms. The second-order valence-electron chi connectivity index (χ2n) is 6.98. The molecule has 0 bridgehead atoms. The molecule has 0 saturated heterocycles. The Kier molecular flexibility index (Phi) is 5.76. The molecule has 5 nitrogen and oxygen atoms in total. The summed E-state index contributed by atoms with van der Waals surface area (Å²) in [5, 5.41) is 13.7. The fourth-order valence-electron chi connectivity index (χ4n) is 3.30. The van der Waals surface area contributed by atoms with Crippen molar-refractivity contribution in [1.29, 1.82) is 0 Å². The third-order valence-corrected chi connectivity index (χ3v) is 4.86. The quantitative estimate of drug-likeness (QED) is 0.823. The maximum absolute atomic E-state index is 10.0. The molecule has 5 heteroatoms. The molecule has 2 N–H and O–H groups in total. The normalized spacial score (nSPS) is 21.3. The van der Waals surface area contributed by atoms with E-state index in [9.17, 15) is 5.21 Å². The van der Waals surface area contributed by atoms with Gasteiger partial charge in [0.05, 0.1) is 6.04 Å². The molecule has 1 fully saturated rings. The number of pyridine rings is 1. The fraction of sp³-hybridized carbons (Fsp3) is 0.450. The first-order chi connectivity index (χ1) is 12.1. The molecule has 2 aromatic rings. The number of rotatable bonds is 5. The zero-order chi connectivity index (χ0) is 17.6. The van der Waals surface area contributed by atoms with Gasteiger partial charge in [-0.2, -0.15) is 4.73 Å². The number of hydrogen-bond donors (Lipinski definition) is 2. The summed E-state index contributed by atoms with van der Waals surface area (Å²) in [4.78, 5) is 6.79. The second-order valence-corrected chi connectivity index (χ2v) is 6.98. The zero-order valence-electron chi connectivity index (χ0n) is 15.1. The van der Waals surface area contributed by atoms with E-state index in [4.69, 9.17) is 4.99 Å². The van der Waals surface area contributed by atoms with Crippen LogP contribution in [-0.4, -0.2) is 36.1 Å². The van der Waals surface area contributed by atoms with Crippen LogP contribution in [0.15, 0.2) is 53.7 Å². The van der Waals surface area contributed by atoms with Crippen LogP contribution in [0.1, 0.15) is 31.2 Å². The van der Waals surface area contributed by atoms with E-state index in [1.54, 1.807) is 6.20 Å². The van der Waals surface area contributed by atoms with Gasteiger partial charge in [-0.25, -0.2) is 0 Å². The first kappa shape index (κ1) is 17.5. The number of anilines is 1. The van der Waals surface area contributed by atoms with Crippen LogP contribution in [0, 0.1) is 0 Å². The van der Waals surface area contributed by atoms with Crippen molar-refractivity contribution in [2.24, 2.45) is 4.99 Å². The lowest BCUT2D eigenvalue weighted by Gasteiger charge is -2.27. The van der Waals surface area contributed by atoms with E-state index in [1.807, 2.05) is 31.1 Å². The number of benzene rings is 1. The molecule has 0 atom stereocenters. The first-order valence-electron chi connectivity index (χ1n) is 9.02. The summed E-state index contributed by atoms with van der Waals surface area (Å²) in [6, 6.07) is 15.2. The average molecular weight is 340 g/mol. The minimum absolute atomic E-state index is 0.283. The number of nitrogens with zero attached hydrogens (tertiary/aromatic N) is 3. The Hall–Kier alpha value is -2.27. The predicted octanol–water partition coefficient (Wildman–Crippen LogP) is 2.79. The molecule has 0 aliphatic heterocycles. The standard InChI is InChI=1S/C20H28N4O/c1-23(2)19-12-13-24(25)20(14-19)22-18-10-8-17(9-11-18)21-15-16-6-4-3-5-7-16/h3-7,12-14,17-18,21,25H,8-11,15H2,1-2H3. The highest BCUT2D eigenvalue weighted by molar-refractivity contribution is 5.42. The third-order valence-electron chi connectivity index (χ3n) is 4.86. The van der Waals surface area contributed by atoms with E-state index >= 15 is 0 Å². The van der Waals surface area contributed by atoms with Crippen LogP contribution < -0.4 is 15.7 Å². The average Bonchev–Trinajstić information content (AvgIpc) is 2.63. The van der Waals surface area contributed by atoms with Crippen molar-refractivity contribution >= 4 is 5.69 Å². The Morgan fingerprint density at radius 3 is 2.52 bits per heavy atom. The lowest BCUT2D eigenvalue weighted by molar-refractivity contribution is 0.170. The van der Waals surface area contributed by atoms with E-state index < -0.39 is 0 Å². The second kappa shape index (κ2) is 8.21. The SMILES string of the molecule is CN(C)c1ccn(O)c(=NC2CCC(NCc3ccccc3)CC2)c1. The van der Waals surface area contributed by atoms with Gasteiger partial charge in [0.2, 0.25) is 0 Å². The number of aromatic nitrogens is 1. The van der Waals surface area contributed by atoms with Crippen molar-refractivity contribution in [1.82, 2.24) is 10.0 Å². The van der Waals surface area contributed by atoms with Crippen LogP contribution in [0.4, 0.5) is 5.69 Å². The van der Waals surface area contributed by atoms with Gasteiger partial charge in [0.25, 0.3) is 0 Å². The van der Waals surface area contributed by atoms with E-state index in [0.717, 1.165) is 42.6 Å². The first-order valence-corrected chi connectivity index (χ1v) is 9.02. The predicted molar refractivity (Wildman–Crippen MR) is 101 cm³/mol. The van der Waals surface area contributed by atoms with E-state index in [0.29, 0.717) is 11.5 Å². The van der Waals surface area contributed by atoms with Crippen LogP contribution in [0.5, 0.6) is 0 Å². The van der Waals surface area contributed by atoms with Crippen molar-refractivity contribution < 1.29 is 5.21 Å². The maximum Gasteiger partial charge on any atom is 0.165 e. The Bertz CT molecular complexity index is 731. The Morgan fingerprint density at radius 2 is 1.84 bits per heavy atom. The summed E-state index contributed by atoms with van der Waals surface area (Å²) < 4.78 is 1.12. The molecule has 1 aromatic heterocycles. The van der Waals surface area contributed by atoms with Crippen molar-refractivity contribution in [2.45, 2.75) is 44.3 Å². The third kappa shape index (κ3) is 4.86. The lowest BCUT2D eigenvalue weighted by atomic mass is 9.91. The summed E-state index contributed by atoms with van der Waals surface area (Å²) in [6.45, 7) is 0.925. The molecule has 0 radical (unpaired) electrons. The fourth-order valence-corrected chi connectivity index (χ4v) is 3.30. The van der Waals surface area contributed by atoms with Crippen LogP contribution in [-0.2, 0) is 6.54 Å². The summed E-state index contributed by atoms with van der Waals surface area (Å²) in [6.07, 6.45) is 6.01. The van der Waals surface area contributed by atoms with Crippen molar-refractivity contribution in [3.63, 3.8) is 0 Å². The van der Waals surface area contributed by atoms with Crippen LogP contribution in [0.3, 0.4) is 0 Å². The number of hydrogen-bond acceptors (Lipinski definition) is 4. The smallest absolute Gasteiger partial charge is 0.165 e. The molecule has 1 aliphatic rings.